The number of hydrogen-bond acceptors (Lipinski definition) is 4. The third-order valence-electron chi connectivity index (χ3n) is 17.0. The number of para-hydroxylation sites is 8. The van der Waals surface area contributed by atoms with Gasteiger partial charge in [0.15, 0.2) is 0 Å². The molecule has 0 radical (unpaired) electrons. The lowest BCUT2D eigenvalue weighted by molar-refractivity contribution is 1.28. The molecule has 0 bridgehead atoms. The maximum atomic E-state index is 2.35. The van der Waals surface area contributed by atoms with Gasteiger partial charge in [-0.25, -0.2) is 0 Å². The minimum atomic E-state index is 1.08. The molecule has 0 N–H and O–H groups in total. The Labute approximate surface area is 564 Å². The van der Waals surface area contributed by atoms with Crippen LogP contribution >= 0.6 is 0 Å². The van der Waals surface area contributed by atoms with E-state index in [1.165, 1.54) is 0 Å². The first-order valence-electron chi connectivity index (χ1n) is 32.6. The second-order valence-corrected chi connectivity index (χ2v) is 23.4. The molecule has 14 aromatic rings. The fourth-order valence-electron chi connectivity index (χ4n) is 12.2. The second kappa shape index (κ2) is 29.7. The van der Waals surface area contributed by atoms with Crippen molar-refractivity contribution < 1.29 is 0 Å². The van der Waals surface area contributed by atoms with Crippen molar-refractivity contribution in [2.45, 2.75) is 0 Å². The molecule has 14 rings (SSSR count). The van der Waals surface area contributed by atoms with Crippen molar-refractivity contribution >= 4 is 117 Å². The molecule has 0 amide bonds. The zero-order chi connectivity index (χ0) is 64.5. The Kier molecular flexibility index (Phi) is 18.8. The lowest BCUT2D eigenvalue weighted by atomic mass is 9.91. The van der Waals surface area contributed by atoms with Gasteiger partial charge in [0.2, 0.25) is 0 Å². The summed E-state index contributed by atoms with van der Waals surface area (Å²) < 4.78 is 0. The van der Waals surface area contributed by atoms with Crippen molar-refractivity contribution in [1.29, 1.82) is 0 Å². The van der Waals surface area contributed by atoms with Crippen LogP contribution in [-0.4, -0.2) is 0 Å². The van der Waals surface area contributed by atoms with E-state index in [-0.39, 0.29) is 0 Å². The summed E-state index contributed by atoms with van der Waals surface area (Å²) in [6.07, 6.45) is 17.9. The van der Waals surface area contributed by atoms with Crippen LogP contribution in [0.4, 0.5) is 68.2 Å². The van der Waals surface area contributed by atoms with Gasteiger partial charge in [-0.05, 0) is 213 Å². The van der Waals surface area contributed by atoms with Gasteiger partial charge in [-0.3, -0.25) is 0 Å². The molecule has 0 atom stereocenters. The van der Waals surface area contributed by atoms with Crippen LogP contribution in [0.3, 0.4) is 0 Å². The monoisotopic (exact) mass is 1230 g/mol. The Morgan fingerprint density at radius 2 is 0.292 bits per heavy atom. The highest BCUT2D eigenvalue weighted by Crippen LogP contribution is 2.40. The minimum Gasteiger partial charge on any atom is -0.311 e. The molecule has 458 valence electrons. The van der Waals surface area contributed by atoms with Crippen molar-refractivity contribution in [1.82, 2.24) is 0 Å². The highest BCUT2D eigenvalue weighted by atomic mass is 15.2. The molecule has 0 fully saturated rings. The average molecular weight is 1230 g/mol. The number of rotatable bonds is 21. The summed E-state index contributed by atoms with van der Waals surface area (Å²) in [5, 5.41) is 0. The molecule has 0 aromatic heterocycles. The first kappa shape index (κ1) is 60.8. The summed E-state index contributed by atoms with van der Waals surface area (Å²) in [6.45, 7) is 0. The zero-order valence-corrected chi connectivity index (χ0v) is 53.2. The molecule has 96 heavy (non-hydrogen) atoms. The third kappa shape index (κ3) is 14.6. The van der Waals surface area contributed by atoms with E-state index in [1.54, 1.807) is 0 Å². The Bertz CT molecular complexity index is 4430. The van der Waals surface area contributed by atoms with Crippen LogP contribution < -0.4 is 19.6 Å². The first-order valence-corrected chi connectivity index (χ1v) is 32.6. The Morgan fingerprint density at radius 1 is 0.135 bits per heavy atom. The predicted molar refractivity (Wildman–Crippen MR) is 412 cm³/mol. The molecule has 0 saturated carbocycles. The van der Waals surface area contributed by atoms with Crippen LogP contribution in [-0.2, 0) is 0 Å². The molecule has 0 heterocycles. The van der Waals surface area contributed by atoms with Crippen LogP contribution in [0.25, 0.3) is 59.7 Å². The van der Waals surface area contributed by atoms with Gasteiger partial charge >= 0.3 is 0 Å². The van der Waals surface area contributed by atoms with Crippen molar-refractivity contribution in [3.05, 3.63) is 421 Å². The van der Waals surface area contributed by atoms with E-state index in [1.807, 2.05) is 0 Å². The zero-order valence-electron chi connectivity index (χ0n) is 53.2. The minimum absolute atomic E-state index is 1.08. The Hall–Kier alpha value is -12.8. The van der Waals surface area contributed by atoms with E-state index in [0.717, 1.165) is 124 Å². The van der Waals surface area contributed by atoms with Gasteiger partial charge in [-0.15, -0.1) is 0 Å². The van der Waals surface area contributed by atoms with Crippen molar-refractivity contribution in [2.75, 3.05) is 19.6 Å². The van der Waals surface area contributed by atoms with Gasteiger partial charge < -0.3 is 19.6 Å². The van der Waals surface area contributed by atoms with Crippen LogP contribution in [0, 0.1) is 0 Å². The van der Waals surface area contributed by atoms with Gasteiger partial charge in [0.1, 0.15) is 0 Å². The fraction of sp³-hybridized carbons (Fsp3) is 0. The maximum absolute atomic E-state index is 2.35. The first-order chi connectivity index (χ1) is 47.6. The van der Waals surface area contributed by atoms with E-state index in [9.17, 15) is 0 Å². The van der Waals surface area contributed by atoms with Crippen LogP contribution in [0.5, 0.6) is 0 Å². The second-order valence-electron chi connectivity index (χ2n) is 23.4. The predicted octanol–water partition coefficient (Wildman–Crippen LogP) is 25.9. The van der Waals surface area contributed by atoms with Crippen molar-refractivity contribution in [2.24, 2.45) is 0 Å². The quantitative estimate of drug-likeness (QED) is 0.0665. The van der Waals surface area contributed by atoms with E-state index in [4.69, 9.17) is 0 Å². The van der Waals surface area contributed by atoms with Gasteiger partial charge in [0, 0.05) is 68.2 Å². The summed E-state index contributed by atoms with van der Waals surface area (Å²) in [5.41, 5.74) is 24.1. The van der Waals surface area contributed by atoms with Crippen LogP contribution in [0.1, 0.15) is 44.5 Å². The molecule has 0 aliphatic rings. The molecular formula is C92H70N4. The highest BCUT2D eigenvalue weighted by Gasteiger charge is 2.17. The maximum Gasteiger partial charge on any atom is 0.0462 e. The molecular weight excluding hydrogens is 1160 g/mol. The summed E-state index contributed by atoms with van der Waals surface area (Å²) in [6, 6.07) is 133. The smallest absolute Gasteiger partial charge is 0.0462 e. The summed E-state index contributed by atoms with van der Waals surface area (Å²) in [4.78, 5) is 9.18. The molecule has 0 unspecified atom stereocenters. The number of benzene rings is 14. The lowest BCUT2D eigenvalue weighted by Gasteiger charge is -2.25. The SMILES string of the molecule is C(=C/c1ccc(/C=C/c2ccc(N(c3ccccc3)c3ccccc3)cc2)cc1-c1cc(/C=C/c2ccc(N(c3ccccc3)c3ccccc3)cc2)ccc1/C=C\c1ccc(N(c2ccccc2)c2ccccc2)cc1)/c1ccc(N(c2ccccc2)c2ccccc2)cc1. The summed E-state index contributed by atoms with van der Waals surface area (Å²) in [5.74, 6) is 0. The normalized spacial score (nSPS) is 11.4. The van der Waals surface area contributed by atoms with Gasteiger partial charge in [0.05, 0.1) is 0 Å². The molecule has 0 saturated heterocycles. The van der Waals surface area contributed by atoms with E-state index < -0.39 is 0 Å². The topological polar surface area (TPSA) is 13.0 Å². The molecule has 0 aliphatic carbocycles. The van der Waals surface area contributed by atoms with E-state index >= 15 is 0 Å². The molecule has 0 spiro atoms. The fourth-order valence-corrected chi connectivity index (χ4v) is 12.2. The largest absolute Gasteiger partial charge is 0.311 e. The molecule has 4 nitrogen and oxygen atoms in total. The van der Waals surface area contributed by atoms with Crippen LogP contribution in [0.15, 0.2) is 376 Å². The molecule has 14 aromatic carbocycles. The Balaban J connectivity index is 0.843. The summed E-state index contributed by atoms with van der Waals surface area (Å²) >= 11 is 0. The Morgan fingerprint density at radius 3 is 0.490 bits per heavy atom. The van der Waals surface area contributed by atoms with Crippen molar-refractivity contribution in [3.8, 4) is 11.1 Å². The van der Waals surface area contributed by atoms with Crippen molar-refractivity contribution in [3.63, 3.8) is 0 Å². The summed E-state index contributed by atoms with van der Waals surface area (Å²) in [7, 11) is 0. The van der Waals surface area contributed by atoms with Gasteiger partial charge in [0.25, 0.3) is 0 Å². The number of anilines is 12. The number of hydrogen-bond donors (Lipinski definition) is 0. The van der Waals surface area contributed by atoms with E-state index in [2.05, 4.69) is 444 Å². The van der Waals surface area contributed by atoms with Crippen LogP contribution in [0.2, 0.25) is 0 Å². The number of nitrogens with zero attached hydrogens (tertiary/aromatic N) is 4. The lowest BCUT2D eigenvalue weighted by Crippen LogP contribution is -2.09. The average Bonchev–Trinajstić information content (AvgIpc) is 0.944. The molecule has 0 aliphatic heterocycles. The van der Waals surface area contributed by atoms with E-state index in [0.29, 0.717) is 0 Å². The van der Waals surface area contributed by atoms with Gasteiger partial charge in [-0.1, -0.05) is 267 Å². The van der Waals surface area contributed by atoms with Gasteiger partial charge in [-0.2, -0.15) is 0 Å². The standard InChI is InChI=1S/C92H70N4/c1-9-25-79(26-10-1)93(80-27-11-2-12-28-80)87-61-49-71(50-62-87)41-43-75-47-59-77(57-45-73-53-65-89(66-54-73)95(83-33-17-5-18-34-83)84-35-19-6-20-36-84)91(69-75)92-70-76(44-42-72-51-63-88(64-52-72)94(81-29-13-3-14-30-81)82-31-15-4-16-32-82)48-60-78(92)58-46-74-55-67-90(68-56-74)96(85-37-21-7-22-38-85)86-39-23-8-24-40-86/h1-70H/b43-41+,44-42+,57-45-,58-46-. The molecule has 4 heteroatoms. The highest BCUT2D eigenvalue weighted by molar-refractivity contribution is 5.91. The third-order valence-corrected chi connectivity index (χ3v) is 17.0.